The summed E-state index contributed by atoms with van der Waals surface area (Å²) in [5, 5.41) is 0. The molecule has 3 nitrogen and oxygen atoms in total. The average Bonchev–Trinajstić information content (AvgIpc) is 2.74. The molecule has 1 aromatic heterocycles. The minimum atomic E-state index is -3.56. The second-order valence-corrected chi connectivity index (χ2v) is 8.47. The molecule has 98 valence electrons. The van der Waals surface area contributed by atoms with E-state index < -0.39 is 15.6 Å². The highest BCUT2D eigenvalue weighted by atomic mass is 79.9. The second kappa shape index (κ2) is 6.21. The van der Waals surface area contributed by atoms with Gasteiger partial charge in [0.25, 0.3) is 10.0 Å². The van der Waals surface area contributed by atoms with E-state index in [1.54, 1.807) is 12.1 Å². The van der Waals surface area contributed by atoms with Crippen molar-refractivity contribution in [3.05, 3.63) is 15.9 Å². The molecule has 0 atom stereocenters. The second-order valence-electron chi connectivity index (χ2n) is 3.57. The van der Waals surface area contributed by atoms with Gasteiger partial charge in [0.1, 0.15) is 4.21 Å². The zero-order chi connectivity index (χ0) is 13.1. The quantitative estimate of drug-likeness (QED) is 0.768. The summed E-state index contributed by atoms with van der Waals surface area (Å²) in [6.45, 7) is 1.84. The summed E-state index contributed by atoms with van der Waals surface area (Å²) in [5.41, 5.74) is -0.793. The molecule has 1 heterocycles. The van der Waals surface area contributed by atoms with Crippen molar-refractivity contribution in [3.8, 4) is 0 Å². The van der Waals surface area contributed by atoms with E-state index in [0.29, 0.717) is 6.42 Å². The minimum Gasteiger partial charge on any atom is -0.206 e. The molecule has 0 aliphatic carbocycles. The van der Waals surface area contributed by atoms with Crippen LogP contribution in [-0.2, 0) is 10.0 Å². The molecule has 0 bridgehead atoms. The van der Waals surface area contributed by atoms with Gasteiger partial charge in [0.15, 0.2) is 0 Å². The van der Waals surface area contributed by atoms with Gasteiger partial charge in [-0.05, 0) is 34.5 Å². The van der Waals surface area contributed by atoms with Crippen molar-refractivity contribution in [1.29, 1.82) is 0 Å². The summed E-state index contributed by atoms with van der Waals surface area (Å²) in [4.78, 5) is 0. The largest absolute Gasteiger partial charge is 0.250 e. The number of thiophene rings is 1. The third-order valence-corrected chi connectivity index (χ3v) is 7.07. The van der Waals surface area contributed by atoms with Gasteiger partial charge in [0.05, 0.1) is 9.33 Å². The van der Waals surface area contributed by atoms with E-state index in [4.69, 9.17) is 23.2 Å². The van der Waals surface area contributed by atoms with Gasteiger partial charge >= 0.3 is 0 Å². The van der Waals surface area contributed by atoms with E-state index in [-0.39, 0.29) is 16.0 Å². The molecule has 1 aromatic rings. The predicted octanol–water partition coefficient (Wildman–Crippen LogP) is 3.42. The van der Waals surface area contributed by atoms with Gasteiger partial charge in [-0.2, -0.15) is 0 Å². The van der Waals surface area contributed by atoms with Crippen LogP contribution in [-0.4, -0.2) is 25.7 Å². The molecule has 0 saturated heterocycles. The van der Waals surface area contributed by atoms with Crippen LogP contribution in [0.4, 0.5) is 0 Å². The molecule has 17 heavy (non-hydrogen) atoms. The van der Waals surface area contributed by atoms with Crippen molar-refractivity contribution >= 4 is 60.5 Å². The average molecular weight is 381 g/mol. The van der Waals surface area contributed by atoms with Gasteiger partial charge in [-0.1, -0.05) is 6.92 Å². The number of rotatable bonds is 6. The lowest BCUT2D eigenvalue weighted by molar-refractivity contribution is 0.450. The highest BCUT2D eigenvalue weighted by molar-refractivity contribution is 9.11. The molecule has 0 spiro atoms. The van der Waals surface area contributed by atoms with Crippen LogP contribution in [0.1, 0.15) is 13.3 Å². The molecule has 0 aliphatic heterocycles. The Hall–Kier alpha value is 0.670. The molecule has 0 fully saturated rings. The first kappa shape index (κ1) is 15.7. The lowest BCUT2D eigenvalue weighted by atomic mass is 10.0. The Morgan fingerprint density at radius 2 is 2.00 bits per heavy atom. The monoisotopic (exact) mass is 379 g/mol. The maximum atomic E-state index is 12.1. The zero-order valence-electron chi connectivity index (χ0n) is 9.04. The van der Waals surface area contributed by atoms with Crippen LogP contribution < -0.4 is 4.72 Å². The Bertz CT molecular complexity index is 463. The fraction of sp³-hybridized carbons (Fsp3) is 0.556. The zero-order valence-corrected chi connectivity index (χ0v) is 13.8. The molecular formula is C9H12BrCl2NO2S2. The normalized spacial score (nSPS) is 12.9. The summed E-state index contributed by atoms with van der Waals surface area (Å²) in [6, 6.07) is 3.23. The predicted molar refractivity (Wildman–Crippen MR) is 76.8 cm³/mol. The molecule has 0 saturated carbocycles. The molecule has 0 aliphatic rings. The topological polar surface area (TPSA) is 46.2 Å². The fourth-order valence-corrected chi connectivity index (χ4v) is 5.57. The van der Waals surface area contributed by atoms with E-state index in [1.807, 2.05) is 6.92 Å². The van der Waals surface area contributed by atoms with Crippen LogP contribution in [0.3, 0.4) is 0 Å². The summed E-state index contributed by atoms with van der Waals surface area (Å²) >= 11 is 16.0. The number of halogens is 3. The fourth-order valence-electron chi connectivity index (χ4n) is 1.13. The maximum Gasteiger partial charge on any atom is 0.250 e. The molecule has 0 amide bonds. The minimum absolute atomic E-state index is 0.138. The van der Waals surface area contributed by atoms with Gasteiger partial charge in [0, 0.05) is 11.8 Å². The first-order chi connectivity index (χ1) is 7.89. The van der Waals surface area contributed by atoms with Crippen molar-refractivity contribution in [3.63, 3.8) is 0 Å². The standard InChI is InChI=1S/C9H12BrCl2NO2S2/c1-2-9(5-11,6-12)13-17(14,15)8-4-3-7(10)16-8/h3-4,13H,2,5-6H2,1H3. The van der Waals surface area contributed by atoms with E-state index in [0.717, 1.165) is 15.1 Å². The van der Waals surface area contributed by atoms with Crippen LogP contribution >= 0.6 is 50.5 Å². The summed E-state index contributed by atoms with van der Waals surface area (Å²) < 4.78 is 27.8. The van der Waals surface area contributed by atoms with Gasteiger partial charge < -0.3 is 0 Å². The van der Waals surface area contributed by atoms with Gasteiger partial charge in [-0.15, -0.1) is 34.5 Å². The van der Waals surface area contributed by atoms with E-state index in [9.17, 15) is 8.42 Å². The van der Waals surface area contributed by atoms with Gasteiger partial charge in [-0.3, -0.25) is 0 Å². The van der Waals surface area contributed by atoms with Crippen molar-refractivity contribution in [2.45, 2.75) is 23.1 Å². The highest BCUT2D eigenvalue weighted by Crippen LogP contribution is 2.27. The van der Waals surface area contributed by atoms with Gasteiger partial charge in [0.2, 0.25) is 0 Å². The van der Waals surface area contributed by atoms with Crippen LogP contribution in [0.15, 0.2) is 20.1 Å². The SMILES string of the molecule is CCC(CCl)(CCl)NS(=O)(=O)c1ccc(Br)s1. The number of alkyl halides is 2. The smallest absolute Gasteiger partial charge is 0.206 e. The molecule has 8 heteroatoms. The highest BCUT2D eigenvalue weighted by Gasteiger charge is 2.32. The Balaban J connectivity index is 3.00. The van der Waals surface area contributed by atoms with Crippen LogP contribution in [0.2, 0.25) is 0 Å². The first-order valence-electron chi connectivity index (χ1n) is 4.80. The molecular weight excluding hydrogens is 369 g/mol. The van der Waals surface area contributed by atoms with Crippen molar-refractivity contribution in [2.24, 2.45) is 0 Å². The van der Waals surface area contributed by atoms with Crippen molar-refractivity contribution in [2.75, 3.05) is 11.8 Å². The lowest BCUT2D eigenvalue weighted by Crippen LogP contribution is -2.51. The lowest BCUT2D eigenvalue weighted by Gasteiger charge is -2.28. The molecule has 0 unspecified atom stereocenters. The third kappa shape index (κ3) is 3.81. The van der Waals surface area contributed by atoms with Crippen LogP contribution in [0.5, 0.6) is 0 Å². The maximum absolute atomic E-state index is 12.1. The number of hydrogen-bond donors (Lipinski definition) is 1. The molecule has 0 aromatic carbocycles. The Labute approximate surface area is 124 Å². The number of hydrogen-bond acceptors (Lipinski definition) is 3. The Morgan fingerprint density at radius 3 is 2.35 bits per heavy atom. The van der Waals surface area contributed by atoms with Crippen molar-refractivity contribution in [1.82, 2.24) is 4.72 Å². The molecule has 1 N–H and O–H groups in total. The third-order valence-electron chi connectivity index (χ3n) is 2.35. The number of nitrogens with one attached hydrogen (secondary N) is 1. The Kier molecular flexibility index (Phi) is 5.75. The number of sulfonamides is 1. The molecule has 1 rings (SSSR count). The van der Waals surface area contributed by atoms with Crippen LogP contribution in [0, 0.1) is 0 Å². The van der Waals surface area contributed by atoms with Crippen LogP contribution in [0.25, 0.3) is 0 Å². The summed E-state index contributed by atoms with van der Waals surface area (Å²) in [7, 11) is -3.56. The summed E-state index contributed by atoms with van der Waals surface area (Å²) in [5.74, 6) is 0.275. The molecule has 0 radical (unpaired) electrons. The van der Waals surface area contributed by atoms with E-state index >= 15 is 0 Å². The van der Waals surface area contributed by atoms with E-state index in [2.05, 4.69) is 20.7 Å². The van der Waals surface area contributed by atoms with Gasteiger partial charge in [-0.25, -0.2) is 13.1 Å². The van der Waals surface area contributed by atoms with E-state index in [1.165, 1.54) is 0 Å². The van der Waals surface area contributed by atoms with Crippen molar-refractivity contribution < 1.29 is 8.42 Å². The Morgan fingerprint density at radius 1 is 1.41 bits per heavy atom. The first-order valence-corrected chi connectivity index (χ1v) is 8.96. The summed E-state index contributed by atoms with van der Waals surface area (Å²) in [6.07, 6.45) is 0.534.